The SMILES string of the molecule is N#Cc1ncc(C(Cl)(Cl)Cl)cc1F. The van der Waals surface area contributed by atoms with Crippen LogP contribution in [0.4, 0.5) is 4.39 Å². The van der Waals surface area contributed by atoms with Crippen LogP contribution in [0.5, 0.6) is 0 Å². The number of alkyl halides is 3. The van der Waals surface area contributed by atoms with Gasteiger partial charge < -0.3 is 0 Å². The van der Waals surface area contributed by atoms with Crippen LogP contribution in [0.15, 0.2) is 12.3 Å². The molecule has 0 bridgehead atoms. The Morgan fingerprint density at radius 2 is 2.08 bits per heavy atom. The molecule has 0 fully saturated rings. The highest BCUT2D eigenvalue weighted by molar-refractivity contribution is 6.66. The van der Waals surface area contributed by atoms with Crippen molar-refractivity contribution in [3.8, 4) is 6.07 Å². The van der Waals surface area contributed by atoms with E-state index in [0.717, 1.165) is 12.3 Å². The molecule has 0 aromatic carbocycles. The average Bonchev–Trinajstić information content (AvgIpc) is 2.02. The molecule has 0 radical (unpaired) electrons. The molecule has 0 saturated heterocycles. The number of hydrogen-bond donors (Lipinski definition) is 0. The molecule has 0 aliphatic heterocycles. The average molecular weight is 239 g/mol. The maximum absolute atomic E-state index is 12.9. The highest BCUT2D eigenvalue weighted by atomic mass is 35.6. The molecule has 1 aromatic heterocycles. The fourth-order valence-corrected chi connectivity index (χ4v) is 0.985. The van der Waals surface area contributed by atoms with Crippen LogP contribution < -0.4 is 0 Å². The molecule has 0 N–H and O–H groups in total. The molecule has 6 heteroatoms. The predicted molar refractivity (Wildman–Crippen MR) is 48.1 cm³/mol. The second-order valence-corrected chi connectivity index (χ2v) is 4.45. The molecule has 0 aliphatic carbocycles. The summed E-state index contributed by atoms with van der Waals surface area (Å²) >= 11 is 16.4. The Balaban J connectivity index is 3.20. The zero-order chi connectivity index (χ0) is 10.1. The number of nitriles is 1. The van der Waals surface area contributed by atoms with E-state index in [9.17, 15) is 4.39 Å². The monoisotopic (exact) mass is 238 g/mol. The normalized spacial score (nSPS) is 11.0. The smallest absolute Gasteiger partial charge is 0.217 e. The van der Waals surface area contributed by atoms with Gasteiger partial charge in [-0.15, -0.1) is 0 Å². The number of aromatic nitrogens is 1. The van der Waals surface area contributed by atoms with E-state index in [2.05, 4.69) is 4.98 Å². The first-order valence-electron chi connectivity index (χ1n) is 3.08. The van der Waals surface area contributed by atoms with E-state index >= 15 is 0 Å². The first-order valence-corrected chi connectivity index (χ1v) is 4.21. The lowest BCUT2D eigenvalue weighted by Crippen LogP contribution is -2.03. The van der Waals surface area contributed by atoms with Gasteiger partial charge >= 0.3 is 0 Å². The molecular formula is C7H2Cl3FN2. The van der Waals surface area contributed by atoms with Crippen LogP contribution in [-0.4, -0.2) is 4.98 Å². The van der Waals surface area contributed by atoms with Gasteiger partial charge in [-0.2, -0.15) is 5.26 Å². The summed E-state index contributed by atoms with van der Waals surface area (Å²) in [5.41, 5.74) is -0.230. The minimum Gasteiger partial charge on any atom is -0.242 e. The van der Waals surface area contributed by atoms with E-state index in [1.54, 1.807) is 6.07 Å². The molecule has 0 unspecified atom stereocenters. The minimum absolute atomic E-state index is 0.0917. The Morgan fingerprint density at radius 3 is 2.46 bits per heavy atom. The maximum atomic E-state index is 12.9. The summed E-state index contributed by atoms with van der Waals surface area (Å²) in [5.74, 6) is -0.800. The Hall–Kier alpha value is -0.560. The minimum atomic E-state index is -1.72. The van der Waals surface area contributed by atoms with E-state index in [1.165, 1.54) is 0 Å². The van der Waals surface area contributed by atoms with Crippen molar-refractivity contribution in [2.45, 2.75) is 3.79 Å². The van der Waals surface area contributed by atoms with E-state index in [4.69, 9.17) is 40.1 Å². The van der Waals surface area contributed by atoms with E-state index < -0.39 is 9.61 Å². The first kappa shape index (κ1) is 10.5. The summed E-state index contributed by atoms with van der Waals surface area (Å²) in [5, 5.41) is 8.36. The third-order valence-electron chi connectivity index (χ3n) is 1.27. The largest absolute Gasteiger partial charge is 0.242 e. The number of pyridine rings is 1. The summed E-state index contributed by atoms with van der Waals surface area (Å²) in [6, 6.07) is 2.53. The number of rotatable bonds is 0. The molecule has 0 atom stereocenters. The molecule has 2 nitrogen and oxygen atoms in total. The number of nitrogens with zero attached hydrogens (tertiary/aromatic N) is 2. The molecular weight excluding hydrogens is 237 g/mol. The third-order valence-corrected chi connectivity index (χ3v) is 1.93. The molecule has 1 rings (SSSR count). The number of halogens is 4. The zero-order valence-corrected chi connectivity index (χ0v) is 8.33. The summed E-state index contributed by atoms with van der Waals surface area (Å²) in [6.07, 6.45) is 1.15. The van der Waals surface area contributed by atoms with Gasteiger partial charge in [0, 0.05) is 11.8 Å². The van der Waals surface area contributed by atoms with Crippen LogP contribution in [0, 0.1) is 17.1 Å². The highest BCUT2D eigenvalue weighted by Crippen LogP contribution is 2.37. The standard InChI is InChI=1S/C7H2Cl3FN2/c8-7(9,10)4-1-5(11)6(2-12)13-3-4/h1,3H. The lowest BCUT2D eigenvalue weighted by molar-refractivity contribution is 0.614. The first-order chi connectivity index (χ1) is 5.95. The molecule has 0 spiro atoms. The molecule has 0 amide bonds. The molecule has 0 aliphatic rings. The van der Waals surface area contributed by atoms with E-state index in [0.29, 0.717) is 0 Å². The molecule has 68 valence electrons. The second-order valence-electron chi connectivity index (χ2n) is 2.16. The second kappa shape index (κ2) is 3.67. The van der Waals surface area contributed by atoms with Gasteiger partial charge in [0.15, 0.2) is 11.5 Å². The van der Waals surface area contributed by atoms with Gasteiger partial charge in [0.05, 0.1) is 0 Å². The summed E-state index contributed by atoms with van der Waals surface area (Å²) < 4.78 is 11.2. The van der Waals surface area contributed by atoms with Crippen LogP contribution in [-0.2, 0) is 3.79 Å². The van der Waals surface area contributed by atoms with E-state index in [1.807, 2.05) is 0 Å². The Labute approximate surface area is 88.8 Å². The van der Waals surface area contributed by atoms with Gasteiger partial charge in [-0.3, -0.25) is 0 Å². The van der Waals surface area contributed by atoms with Gasteiger partial charge in [-0.1, -0.05) is 34.8 Å². The Morgan fingerprint density at radius 1 is 1.46 bits per heavy atom. The van der Waals surface area contributed by atoms with Gasteiger partial charge in [0.2, 0.25) is 3.79 Å². The van der Waals surface area contributed by atoms with Crippen molar-refractivity contribution < 1.29 is 4.39 Å². The van der Waals surface area contributed by atoms with Gasteiger partial charge in [-0.25, -0.2) is 9.37 Å². The maximum Gasteiger partial charge on any atom is 0.217 e. The fourth-order valence-electron chi connectivity index (χ4n) is 0.675. The van der Waals surface area contributed by atoms with Gasteiger partial charge in [0.1, 0.15) is 6.07 Å². The summed E-state index contributed by atoms with van der Waals surface area (Å²) in [6.45, 7) is 0. The number of hydrogen-bond acceptors (Lipinski definition) is 2. The molecule has 13 heavy (non-hydrogen) atoms. The fraction of sp³-hybridized carbons (Fsp3) is 0.143. The van der Waals surface area contributed by atoms with Crippen molar-refractivity contribution in [1.82, 2.24) is 4.98 Å². The summed E-state index contributed by atoms with van der Waals surface area (Å²) in [7, 11) is 0. The van der Waals surface area contributed by atoms with Crippen molar-refractivity contribution in [1.29, 1.82) is 5.26 Å². The lowest BCUT2D eigenvalue weighted by Gasteiger charge is -2.09. The Kier molecular flexibility index (Phi) is 2.97. The van der Waals surface area contributed by atoms with E-state index in [-0.39, 0.29) is 11.3 Å². The van der Waals surface area contributed by atoms with Crippen LogP contribution in [0.2, 0.25) is 0 Å². The zero-order valence-electron chi connectivity index (χ0n) is 6.06. The van der Waals surface area contributed by atoms with Crippen LogP contribution >= 0.6 is 34.8 Å². The third kappa shape index (κ3) is 2.44. The Bertz CT molecular complexity index is 367. The van der Waals surface area contributed by atoms with Crippen molar-refractivity contribution in [3.05, 3.63) is 29.3 Å². The highest BCUT2D eigenvalue weighted by Gasteiger charge is 2.24. The van der Waals surface area contributed by atoms with Gasteiger partial charge in [0.25, 0.3) is 0 Å². The van der Waals surface area contributed by atoms with Crippen LogP contribution in [0.3, 0.4) is 0 Å². The predicted octanol–water partition coefficient (Wildman–Crippen LogP) is 2.92. The van der Waals surface area contributed by atoms with Crippen molar-refractivity contribution in [2.24, 2.45) is 0 Å². The molecule has 0 saturated carbocycles. The molecule has 1 heterocycles. The van der Waals surface area contributed by atoms with Crippen molar-refractivity contribution in [3.63, 3.8) is 0 Å². The molecule has 1 aromatic rings. The van der Waals surface area contributed by atoms with Crippen molar-refractivity contribution in [2.75, 3.05) is 0 Å². The topological polar surface area (TPSA) is 36.7 Å². The summed E-state index contributed by atoms with van der Waals surface area (Å²) in [4.78, 5) is 3.47. The van der Waals surface area contributed by atoms with Gasteiger partial charge in [-0.05, 0) is 6.07 Å². The lowest BCUT2D eigenvalue weighted by atomic mass is 10.2. The van der Waals surface area contributed by atoms with Crippen LogP contribution in [0.25, 0.3) is 0 Å². The quantitative estimate of drug-likeness (QED) is 0.653. The van der Waals surface area contributed by atoms with Crippen LogP contribution in [0.1, 0.15) is 11.3 Å². The van der Waals surface area contributed by atoms with Crippen molar-refractivity contribution >= 4 is 34.8 Å².